The van der Waals surface area contributed by atoms with E-state index in [9.17, 15) is 24.0 Å². The molecule has 4 amide bonds. The molecule has 0 aliphatic rings. The molecule has 0 aromatic carbocycles. The molecule has 10 heteroatoms. The fraction of sp³-hybridized carbons (Fsp3) is 0.706. The highest BCUT2D eigenvalue weighted by molar-refractivity contribution is 5.91. The molecule has 27 heavy (non-hydrogen) atoms. The Morgan fingerprint density at radius 3 is 1.00 bits per heavy atom. The first-order valence-corrected chi connectivity index (χ1v) is 8.45. The van der Waals surface area contributed by atoms with Crippen LogP contribution in [0.2, 0.25) is 0 Å². The van der Waals surface area contributed by atoms with Gasteiger partial charge in [0, 0.05) is 28.2 Å². The maximum Gasteiger partial charge on any atom is 0.242 e. The minimum atomic E-state index is -0.419. The molecular weight excluding hydrogens is 354 g/mol. The summed E-state index contributed by atoms with van der Waals surface area (Å²) in [6, 6.07) is 0. The second-order valence-corrected chi connectivity index (χ2v) is 6.94. The summed E-state index contributed by atoms with van der Waals surface area (Å²) in [5, 5.41) is 0. The maximum absolute atomic E-state index is 12.2. The monoisotopic (exact) mass is 385 g/mol. The molecule has 0 fully saturated rings. The average molecular weight is 385 g/mol. The van der Waals surface area contributed by atoms with E-state index in [1.807, 2.05) is 0 Å². The summed E-state index contributed by atoms with van der Waals surface area (Å²) in [5.41, 5.74) is 0. The van der Waals surface area contributed by atoms with Crippen molar-refractivity contribution in [3.63, 3.8) is 0 Å². The smallest absolute Gasteiger partial charge is 0.242 e. The van der Waals surface area contributed by atoms with Crippen molar-refractivity contribution in [2.24, 2.45) is 0 Å². The van der Waals surface area contributed by atoms with E-state index in [4.69, 9.17) is 0 Å². The molecule has 0 aliphatic carbocycles. The lowest BCUT2D eigenvalue weighted by Gasteiger charge is -2.25. The normalized spacial score (nSPS) is 10.4. The van der Waals surface area contributed by atoms with Crippen molar-refractivity contribution in [2.45, 2.75) is 6.92 Å². The molecule has 0 saturated heterocycles. The second kappa shape index (κ2) is 11.3. The first-order valence-electron chi connectivity index (χ1n) is 8.45. The zero-order chi connectivity index (χ0) is 21.3. The highest BCUT2D eigenvalue weighted by Gasteiger charge is 2.21. The number of hydrogen-bond donors (Lipinski definition) is 0. The molecule has 0 bridgehead atoms. The van der Waals surface area contributed by atoms with Crippen LogP contribution in [0.1, 0.15) is 6.92 Å². The minimum Gasteiger partial charge on any atom is -0.337 e. The van der Waals surface area contributed by atoms with Gasteiger partial charge >= 0.3 is 0 Å². The third-order valence-electron chi connectivity index (χ3n) is 3.73. The molecule has 0 heterocycles. The van der Waals surface area contributed by atoms with Crippen LogP contribution in [0.4, 0.5) is 0 Å². The molecule has 154 valence electrons. The van der Waals surface area contributed by atoms with E-state index in [0.29, 0.717) is 0 Å². The first-order chi connectivity index (χ1) is 12.3. The number of hydrogen-bond acceptors (Lipinski definition) is 6. The second-order valence-electron chi connectivity index (χ2n) is 6.94. The van der Waals surface area contributed by atoms with Crippen molar-refractivity contribution in [1.82, 2.24) is 24.5 Å². The number of ketones is 1. The summed E-state index contributed by atoms with van der Waals surface area (Å²) in [6.07, 6.45) is 0. The van der Waals surface area contributed by atoms with Gasteiger partial charge in [0.2, 0.25) is 23.6 Å². The third-order valence-corrected chi connectivity index (χ3v) is 3.73. The Bertz CT molecular complexity index is 578. The van der Waals surface area contributed by atoms with E-state index < -0.39 is 5.91 Å². The van der Waals surface area contributed by atoms with E-state index in [1.54, 1.807) is 19.0 Å². The predicted octanol–water partition coefficient (Wildman–Crippen LogP) is -2.03. The Morgan fingerprint density at radius 2 is 0.741 bits per heavy atom. The Morgan fingerprint density at radius 1 is 0.481 bits per heavy atom. The van der Waals surface area contributed by atoms with E-state index in [1.165, 1.54) is 54.7 Å². The van der Waals surface area contributed by atoms with Gasteiger partial charge < -0.3 is 24.5 Å². The molecule has 0 saturated carbocycles. The largest absolute Gasteiger partial charge is 0.337 e. The molecule has 0 rings (SSSR count). The van der Waals surface area contributed by atoms with E-state index >= 15 is 0 Å². The van der Waals surface area contributed by atoms with Gasteiger partial charge in [-0.3, -0.25) is 24.0 Å². The highest BCUT2D eigenvalue weighted by Crippen LogP contribution is 1.96. The fourth-order valence-electron chi connectivity index (χ4n) is 2.05. The lowest BCUT2D eigenvalue weighted by molar-refractivity contribution is -0.144. The van der Waals surface area contributed by atoms with Crippen molar-refractivity contribution in [2.75, 3.05) is 75.0 Å². The Hall–Kier alpha value is -2.49. The molecule has 0 unspecified atom stereocenters. The molecule has 0 N–H and O–H groups in total. The topological polar surface area (TPSA) is 102 Å². The van der Waals surface area contributed by atoms with Crippen LogP contribution in [0.5, 0.6) is 0 Å². The lowest BCUT2D eigenvalue weighted by Crippen LogP contribution is -2.47. The van der Waals surface area contributed by atoms with E-state index in [-0.39, 0.29) is 56.2 Å². The number of Topliss-reactive ketones (excluding diaryl/α,β-unsaturated/α-hetero) is 1. The average Bonchev–Trinajstić information content (AvgIpc) is 2.52. The quantitative estimate of drug-likeness (QED) is 0.430. The standard InChI is InChI=1S/C17H31N5O5/c1-13(23)8-19(4)15(25)10-21(6)17(27)12-22(7)16(26)11-20(5)14(24)9-18(2)3/h8-12H2,1-7H3. The number of rotatable bonds is 10. The number of carbonyl (C=O) groups is 5. The Balaban J connectivity index is 4.54. The van der Waals surface area contributed by atoms with Crippen molar-refractivity contribution < 1.29 is 24.0 Å². The SMILES string of the molecule is CC(=O)CN(C)C(=O)CN(C)C(=O)CN(C)C(=O)CN(C)C(=O)CN(C)C. The summed E-state index contributed by atoms with van der Waals surface area (Å²) in [7, 11) is 9.43. The third kappa shape index (κ3) is 9.69. The van der Waals surface area contributed by atoms with Crippen LogP contribution in [0.15, 0.2) is 0 Å². The highest BCUT2D eigenvalue weighted by atomic mass is 16.2. The van der Waals surface area contributed by atoms with Crippen molar-refractivity contribution in [1.29, 1.82) is 0 Å². The number of carbonyl (C=O) groups excluding carboxylic acids is 5. The zero-order valence-electron chi connectivity index (χ0n) is 17.3. The van der Waals surface area contributed by atoms with Gasteiger partial charge in [0.15, 0.2) is 0 Å². The van der Waals surface area contributed by atoms with Crippen LogP contribution in [0.25, 0.3) is 0 Å². The van der Waals surface area contributed by atoms with Gasteiger partial charge in [-0.1, -0.05) is 0 Å². The number of nitrogens with zero attached hydrogens (tertiary/aromatic N) is 5. The van der Waals surface area contributed by atoms with E-state index in [2.05, 4.69) is 0 Å². The van der Waals surface area contributed by atoms with Gasteiger partial charge in [0.1, 0.15) is 5.78 Å². The molecule has 0 atom stereocenters. The van der Waals surface area contributed by atoms with Gasteiger partial charge in [-0.25, -0.2) is 0 Å². The van der Waals surface area contributed by atoms with Gasteiger partial charge in [-0.15, -0.1) is 0 Å². The summed E-state index contributed by atoms with van der Waals surface area (Å²) >= 11 is 0. The Labute approximate surface area is 160 Å². The molecule has 0 radical (unpaired) electrons. The molecule has 10 nitrogen and oxygen atoms in total. The minimum absolute atomic E-state index is 0.0213. The molecular formula is C17H31N5O5. The van der Waals surface area contributed by atoms with Crippen molar-refractivity contribution in [3.8, 4) is 0 Å². The number of amides is 4. The van der Waals surface area contributed by atoms with Crippen LogP contribution in [-0.4, -0.2) is 129 Å². The lowest BCUT2D eigenvalue weighted by atomic mass is 10.3. The van der Waals surface area contributed by atoms with Crippen LogP contribution in [0, 0.1) is 0 Å². The van der Waals surface area contributed by atoms with Crippen LogP contribution >= 0.6 is 0 Å². The molecule has 0 aromatic rings. The van der Waals surface area contributed by atoms with Crippen LogP contribution in [0.3, 0.4) is 0 Å². The van der Waals surface area contributed by atoms with E-state index in [0.717, 1.165) is 0 Å². The number of likely N-dealkylation sites (N-methyl/N-ethyl adjacent to an activating group) is 5. The Kier molecular flexibility index (Phi) is 10.2. The molecule has 0 spiro atoms. The maximum atomic E-state index is 12.2. The van der Waals surface area contributed by atoms with Gasteiger partial charge in [-0.05, 0) is 21.0 Å². The predicted molar refractivity (Wildman–Crippen MR) is 99.8 cm³/mol. The summed E-state index contributed by atoms with van der Waals surface area (Å²) in [4.78, 5) is 65.9. The van der Waals surface area contributed by atoms with Crippen molar-refractivity contribution >= 4 is 29.4 Å². The fourth-order valence-corrected chi connectivity index (χ4v) is 2.05. The van der Waals surface area contributed by atoms with Gasteiger partial charge in [-0.2, -0.15) is 0 Å². The first kappa shape index (κ1) is 24.5. The summed E-state index contributed by atoms with van der Waals surface area (Å²) in [5.74, 6) is -1.53. The summed E-state index contributed by atoms with van der Waals surface area (Å²) in [6.45, 7) is 0.998. The van der Waals surface area contributed by atoms with Crippen molar-refractivity contribution in [3.05, 3.63) is 0 Å². The molecule has 0 aromatic heterocycles. The van der Waals surface area contributed by atoms with Gasteiger partial charge in [0.25, 0.3) is 0 Å². The van der Waals surface area contributed by atoms with Crippen LogP contribution in [-0.2, 0) is 24.0 Å². The molecule has 0 aliphatic heterocycles. The van der Waals surface area contributed by atoms with Crippen LogP contribution < -0.4 is 0 Å². The summed E-state index contributed by atoms with van der Waals surface area (Å²) < 4.78 is 0. The van der Waals surface area contributed by atoms with Gasteiger partial charge in [0.05, 0.1) is 32.7 Å². The zero-order valence-corrected chi connectivity index (χ0v) is 17.3.